The molecule has 3 rings (SSSR count). The van der Waals surface area contributed by atoms with Crippen LogP contribution in [-0.2, 0) is 12.8 Å². The zero-order chi connectivity index (χ0) is 13.8. The molecule has 1 aliphatic rings. The van der Waals surface area contributed by atoms with Gasteiger partial charge in [-0.3, -0.25) is 0 Å². The third kappa shape index (κ3) is 3.13. The van der Waals surface area contributed by atoms with Crippen molar-refractivity contribution >= 4 is 5.95 Å². The van der Waals surface area contributed by atoms with E-state index in [4.69, 9.17) is 5.73 Å². The van der Waals surface area contributed by atoms with Gasteiger partial charge in [0.25, 0.3) is 0 Å². The molecule has 1 aromatic heterocycles. The van der Waals surface area contributed by atoms with Gasteiger partial charge in [-0.2, -0.15) is 9.97 Å². The van der Waals surface area contributed by atoms with Gasteiger partial charge in [0, 0.05) is 12.3 Å². The molecule has 0 spiro atoms. The van der Waals surface area contributed by atoms with Gasteiger partial charge in [-0.25, -0.2) is 4.98 Å². The maximum absolute atomic E-state index is 5.83. The van der Waals surface area contributed by atoms with Crippen LogP contribution in [0.1, 0.15) is 48.8 Å². The number of nitrogens with two attached hydrogens (primary N) is 1. The molecule has 1 aliphatic carbocycles. The second-order valence-electron chi connectivity index (χ2n) is 5.44. The molecule has 0 atom stereocenters. The number of hydrogen-bond acceptors (Lipinski definition) is 4. The maximum atomic E-state index is 5.83. The van der Waals surface area contributed by atoms with Crippen molar-refractivity contribution < 1.29 is 0 Å². The lowest BCUT2D eigenvalue weighted by atomic mass is 10.1. The van der Waals surface area contributed by atoms with Gasteiger partial charge in [-0.15, -0.1) is 0 Å². The maximum Gasteiger partial charge on any atom is 0.223 e. The number of anilines is 1. The first-order valence-electron chi connectivity index (χ1n) is 7.35. The van der Waals surface area contributed by atoms with Gasteiger partial charge in [0.15, 0.2) is 0 Å². The summed E-state index contributed by atoms with van der Waals surface area (Å²) >= 11 is 0. The zero-order valence-electron chi connectivity index (χ0n) is 11.6. The van der Waals surface area contributed by atoms with E-state index < -0.39 is 0 Å². The van der Waals surface area contributed by atoms with Crippen molar-refractivity contribution in [3.05, 3.63) is 47.5 Å². The van der Waals surface area contributed by atoms with E-state index in [2.05, 4.69) is 39.2 Å². The number of hydrogen-bond donors (Lipinski definition) is 1. The van der Waals surface area contributed by atoms with Crippen molar-refractivity contribution in [2.75, 3.05) is 5.73 Å². The average Bonchev–Trinajstić information content (AvgIpc) is 3.00. The normalized spacial score (nSPS) is 15.6. The molecule has 1 fully saturated rings. The van der Waals surface area contributed by atoms with Crippen LogP contribution < -0.4 is 5.73 Å². The third-order valence-corrected chi connectivity index (χ3v) is 3.92. The lowest BCUT2D eigenvalue weighted by Crippen LogP contribution is -2.10. The Morgan fingerprint density at radius 3 is 2.45 bits per heavy atom. The largest absolute Gasteiger partial charge is 0.368 e. The van der Waals surface area contributed by atoms with Gasteiger partial charge in [0.05, 0.1) is 0 Å². The Labute approximate surface area is 119 Å². The molecular weight excluding hydrogens is 248 g/mol. The Kier molecular flexibility index (Phi) is 3.90. The number of nitrogens with zero attached hydrogens (tertiary/aromatic N) is 3. The van der Waals surface area contributed by atoms with Crippen LogP contribution in [0, 0.1) is 0 Å². The number of rotatable bonds is 4. The number of benzene rings is 1. The van der Waals surface area contributed by atoms with Crippen LogP contribution in [0.5, 0.6) is 0 Å². The van der Waals surface area contributed by atoms with E-state index in [-0.39, 0.29) is 0 Å². The first-order valence-corrected chi connectivity index (χ1v) is 7.35. The zero-order valence-corrected chi connectivity index (χ0v) is 11.6. The summed E-state index contributed by atoms with van der Waals surface area (Å²) in [5.74, 6) is 2.57. The summed E-state index contributed by atoms with van der Waals surface area (Å²) in [6.07, 6.45) is 6.67. The summed E-state index contributed by atoms with van der Waals surface area (Å²) in [6, 6.07) is 10.4. The third-order valence-electron chi connectivity index (χ3n) is 3.92. The fourth-order valence-electron chi connectivity index (χ4n) is 2.84. The Morgan fingerprint density at radius 1 is 0.950 bits per heavy atom. The molecule has 1 heterocycles. The highest BCUT2D eigenvalue weighted by Crippen LogP contribution is 2.32. The summed E-state index contributed by atoms with van der Waals surface area (Å²) < 4.78 is 0. The fraction of sp³-hybridized carbons (Fsp3) is 0.438. The van der Waals surface area contributed by atoms with Gasteiger partial charge >= 0.3 is 0 Å². The highest BCUT2D eigenvalue weighted by atomic mass is 15.1. The van der Waals surface area contributed by atoms with Gasteiger partial charge < -0.3 is 5.73 Å². The fourth-order valence-corrected chi connectivity index (χ4v) is 2.84. The molecule has 0 bridgehead atoms. The lowest BCUT2D eigenvalue weighted by molar-refractivity contribution is 0.650. The highest BCUT2D eigenvalue weighted by molar-refractivity contribution is 5.20. The van der Waals surface area contributed by atoms with Crippen molar-refractivity contribution in [2.45, 2.75) is 44.4 Å². The Balaban J connectivity index is 1.72. The van der Waals surface area contributed by atoms with Crippen molar-refractivity contribution in [1.29, 1.82) is 0 Å². The second-order valence-corrected chi connectivity index (χ2v) is 5.44. The Bertz CT molecular complexity index is 562. The minimum atomic E-state index is 0.366. The summed E-state index contributed by atoms with van der Waals surface area (Å²) in [4.78, 5) is 13.2. The minimum Gasteiger partial charge on any atom is -0.368 e. The van der Waals surface area contributed by atoms with Gasteiger partial charge in [0.2, 0.25) is 5.95 Å². The number of nitrogen functional groups attached to an aromatic ring is 1. The standard InChI is InChI=1S/C16H20N4/c17-16-19-14(11-10-12-6-2-1-3-7-12)18-15(20-16)13-8-4-5-9-13/h1-3,6-7,13H,4-5,8-11H2,(H2,17,18,19,20). The molecule has 104 valence electrons. The highest BCUT2D eigenvalue weighted by Gasteiger charge is 2.20. The van der Waals surface area contributed by atoms with Crippen LogP contribution in [0.15, 0.2) is 30.3 Å². The Morgan fingerprint density at radius 2 is 1.70 bits per heavy atom. The Hall–Kier alpha value is -1.97. The van der Waals surface area contributed by atoms with Crippen LogP contribution >= 0.6 is 0 Å². The number of aryl methyl sites for hydroxylation is 2. The first-order chi connectivity index (χ1) is 9.81. The van der Waals surface area contributed by atoms with E-state index in [1.54, 1.807) is 0 Å². The smallest absolute Gasteiger partial charge is 0.223 e. The predicted molar refractivity (Wildman–Crippen MR) is 79.3 cm³/mol. The first kappa shape index (κ1) is 13.0. The van der Waals surface area contributed by atoms with Crippen molar-refractivity contribution in [2.24, 2.45) is 0 Å². The van der Waals surface area contributed by atoms with Crippen LogP contribution in [0.4, 0.5) is 5.95 Å². The van der Waals surface area contributed by atoms with Crippen LogP contribution in [0.3, 0.4) is 0 Å². The van der Waals surface area contributed by atoms with Crippen LogP contribution in [-0.4, -0.2) is 15.0 Å². The van der Waals surface area contributed by atoms with Gasteiger partial charge in [-0.1, -0.05) is 43.2 Å². The van der Waals surface area contributed by atoms with E-state index in [9.17, 15) is 0 Å². The van der Waals surface area contributed by atoms with Crippen molar-refractivity contribution in [3.8, 4) is 0 Å². The van der Waals surface area contributed by atoms with Crippen LogP contribution in [0.25, 0.3) is 0 Å². The van der Waals surface area contributed by atoms with Gasteiger partial charge in [0.1, 0.15) is 11.6 Å². The second kappa shape index (κ2) is 5.99. The SMILES string of the molecule is Nc1nc(CCc2ccccc2)nc(C2CCCC2)n1. The summed E-state index contributed by atoms with van der Waals surface area (Å²) in [6.45, 7) is 0. The molecule has 0 saturated heterocycles. The average molecular weight is 268 g/mol. The molecule has 0 aliphatic heterocycles. The topological polar surface area (TPSA) is 64.7 Å². The molecule has 2 N–H and O–H groups in total. The molecule has 0 amide bonds. The molecular formula is C16H20N4. The minimum absolute atomic E-state index is 0.366. The van der Waals surface area contributed by atoms with E-state index in [1.807, 2.05) is 6.07 Å². The lowest BCUT2D eigenvalue weighted by Gasteiger charge is -2.09. The summed E-state index contributed by atoms with van der Waals surface area (Å²) in [5.41, 5.74) is 7.13. The quantitative estimate of drug-likeness (QED) is 0.926. The van der Waals surface area contributed by atoms with E-state index in [0.29, 0.717) is 11.9 Å². The molecule has 20 heavy (non-hydrogen) atoms. The molecule has 0 radical (unpaired) electrons. The molecule has 4 heteroatoms. The van der Waals surface area contributed by atoms with Gasteiger partial charge in [-0.05, 0) is 24.8 Å². The molecule has 2 aromatic rings. The van der Waals surface area contributed by atoms with Crippen molar-refractivity contribution in [3.63, 3.8) is 0 Å². The van der Waals surface area contributed by atoms with E-state index in [0.717, 1.165) is 24.5 Å². The summed E-state index contributed by atoms with van der Waals surface area (Å²) in [7, 11) is 0. The van der Waals surface area contributed by atoms with E-state index in [1.165, 1.54) is 31.2 Å². The van der Waals surface area contributed by atoms with E-state index >= 15 is 0 Å². The summed E-state index contributed by atoms with van der Waals surface area (Å²) in [5, 5.41) is 0. The molecule has 1 saturated carbocycles. The number of aromatic nitrogens is 3. The molecule has 4 nitrogen and oxygen atoms in total. The van der Waals surface area contributed by atoms with Crippen LogP contribution in [0.2, 0.25) is 0 Å². The molecule has 0 unspecified atom stereocenters. The molecule has 1 aromatic carbocycles. The monoisotopic (exact) mass is 268 g/mol. The predicted octanol–water partition coefficient (Wildman–Crippen LogP) is 2.90. The van der Waals surface area contributed by atoms with Crippen molar-refractivity contribution in [1.82, 2.24) is 15.0 Å².